The van der Waals surface area contributed by atoms with Crippen LogP contribution in [0.1, 0.15) is 12.0 Å². The van der Waals surface area contributed by atoms with E-state index in [9.17, 15) is 17.6 Å². The number of halogens is 1. The summed E-state index contributed by atoms with van der Waals surface area (Å²) in [6.07, 6.45) is 0.760. The Labute approximate surface area is 142 Å². The molecule has 0 unspecified atom stereocenters. The monoisotopic (exact) mass is 358 g/mol. The Kier molecular flexibility index (Phi) is 6.31. The highest BCUT2D eigenvalue weighted by atomic mass is 32.2. The summed E-state index contributed by atoms with van der Waals surface area (Å²) in [6, 6.07) is 5.71. The van der Waals surface area contributed by atoms with Crippen molar-refractivity contribution in [3.8, 4) is 0 Å². The Hall–Kier alpha value is -1.51. The standard InChI is InChI=1S/C16H23FN2O4S/c1-19(2)24(21,22)11-13-9-23-10-15(13)18-16(20)8-5-12-3-6-14(17)7-4-12/h3-4,6-7,13,15H,5,8-11H2,1-2H3,(H,18,20)/t13-,15-/m0/s1. The Balaban J connectivity index is 1.85. The smallest absolute Gasteiger partial charge is 0.220 e. The molecule has 1 aromatic carbocycles. The van der Waals surface area contributed by atoms with Gasteiger partial charge in [0.25, 0.3) is 0 Å². The van der Waals surface area contributed by atoms with Crippen molar-refractivity contribution in [2.24, 2.45) is 5.92 Å². The van der Waals surface area contributed by atoms with E-state index in [0.29, 0.717) is 19.6 Å². The third-order valence-corrected chi connectivity index (χ3v) is 6.04. The van der Waals surface area contributed by atoms with Crippen LogP contribution in [-0.2, 0) is 26.0 Å². The van der Waals surface area contributed by atoms with Crippen molar-refractivity contribution in [3.63, 3.8) is 0 Å². The lowest BCUT2D eigenvalue weighted by atomic mass is 10.1. The molecule has 1 aliphatic rings. The summed E-state index contributed by atoms with van der Waals surface area (Å²) in [4.78, 5) is 12.1. The topological polar surface area (TPSA) is 75.7 Å². The average Bonchev–Trinajstić information content (AvgIpc) is 2.93. The van der Waals surface area contributed by atoms with Crippen LogP contribution in [0.25, 0.3) is 0 Å². The van der Waals surface area contributed by atoms with Crippen molar-refractivity contribution < 1.29 is 22.3 Å². The Morgan fingerprint density at radius 2 is 1.96 bits per heavy atom. The van der Waals surface area contributed by atoms with E-state index in [4.69, 9.17) is 4.74 Å². The van der Waals surface area contributed by atoms with Gasteiger partial charge < -0.3 is 10.1 Å². The lowest BCUT2D eigenvalue weighted by Gasteiger charge is -2.21. The second-order valence-corrected chi connectivity index (χ2v) is 8.39. The summed E-state index contributed by atoms with van der Waals surface area (Å²) in [5.74, 6) is -0.784. The zero-order valence-corrected chi connectivity index (χ0v) is 14.7. The number of sulfonamides is 1. The predicted octanol–water partition coefficient (Wildman–Crippen LogP) is 0.781. The lowest BCUT2D eigenvalue weighted by Crippen LogP contribution is -2.43. The largest absolute Gasteiger partial charge is 0.379 e. The molecule has 1 amide bonds. The van der Waals surface area contributed by atoms with E-state index in [1.54, 1.807) is 12.1 Å². The molecule has 2 atom stereocenters. The van der Waals surface area contributed by atoms with Crippen molar-refractivity contribution in [1.29, 1.82) is 0 Å². The van der Waals surface area contributed by atoms with Gasteiger partial charge in [0.1, 0.15) is 5.82 Å². The highest BCUT2D eigenvalue weighted by Gasteiger charge is 2.33. The second kappa shape index (κ2) is 8.04. The Morgan fingerprint density at radius 1 is 1.29 bits per heavy atom. The zero-order chi connectivity index (χ0) is 17.7. The van der Waals surface area contributed by atoms with Gasteiger partial charge in [0.05, 0.1) is 25.0 Å². The maximum absolute atomic E-state index is 12.8. The quantitative estimate of drug-likeness (QED) is 0.782. The number of carbonyl (C=O) groups excluding carboxylic acids is 1. The number of nitrogens with one attached hydrogen (secondary N) is 1. The maximum atomic E-state index is 12.8. The highest BCUT2D eigenvalue weighted by molar-refractivity contribution is 7.89. The molecular formula is C16H23FN2O4S. The van der Waals surface area contributed by atoms with Crippen LogP contribution < -0.4 is 5.32 Å². The molecule has 0 bridgehead atoms. The van der Waals surface area contributed by atoms with Gasteiger partial charge in [-0.1, -0.05) is 12.1 Å². The number of nitrogens with zero attached hydrogens (tertiary/aromatic N) is 1. The molecule has 1 aliphatic heterocycles. The first-order chi connectivity index (χ1) is 11.3. The van der Waals surface area contributed by atoms with Crippen molar-refractivity contribution in [2.45, 2.75) is 18.9 Å². The summed E-state index contributed by atoms with van der Waals surface area (Å²) in [5.41, 5.74) is 0.876. The molecule has 0 saturated carbocycles. The molecule has 1 fully saturated rings. The molecule has 134 valence electrons. The third kappa shape index (κ3) is 5.25. The minimum absolute atomic E-state index is 0.0527. The van der Waals surface area contributed by atoms with E-state index < -0.39 is 10.0 Å². The number of benzene rings is 1. The number of rotatable bonds is 7. The fourth-order valence-electron chi connectivity index (χ4n) is 2.53. The molecular weight excluding hydrogens is 335 g/mol. The van der Waals surface area contributed by atoms with Crippen molar-refractivity contribution in [3.05, 3.63) is 35.6 Å². The second-order valence-electron chi connectivity index (χ2n) is 6.16. The lowest BCUT2D eigenvalue weighted by molar-refractivity contribution is -0.121. The van der Waals surface area contributed by atoms with E-state index >= 15 is 0 Å². The molecule has 1 aromatic rings. The van der Waals surface area contributed by atoms with Gasteiger partial charge in [0, 0.05) is 26.4 Å². The number of aryl methyl sites for hydroxylation is 1. The minimum Gasteiger partial charge on any atom is -0.379 e. The normalized spacial score (nSPS) is 21.2. The minimum atomic E-state index is -3.34. The molecule has 2 rings (SSSR count). The molecule has 0 aromatic heterocycles. The van der Waals surface area contributed by atoms with Gasteiger partial charge in [-0.2, -0.15) is 0 Å². The molecule has 0 aliphatic carbocycles. The van der Waals surface area contributed by atoms with Gasteiger partial charge in [0.2, 0.25) is 15.9 Å². The summed E-state index contributed by atoms with van der Waals surface area (Å²) in [7, 11) is -0.368. The van der Waals surface area contributed by atoms with E-state index in [-0.39, 0.29) is 35.9 Å². The van der Waals surface area contributed by atoms with E-state index in [1.807, 2.05) is 0 Å². The summed E-state index contributed by atoms with van der Waals surface area (Å²) in [6.45, 7) is 0.631. The molecule has 8 heteroatoms. The van der Waals surface area contributed by atoms with E-state index in [1.165, 1.54) is 30.5 Å². The molecule has 0 radical (unpaired) electrons. The first-order valence-corrected chi connectivity index (χ1v) is 9.40. The number of amides is 1. The van der Waals surface area contributed by atoms with Crippen LogP contribution in [-0.4, -0.2) is 57.7 Å². The van der Waals surface area contributed by atoms with Gasteiger partial charge in [-0.15, -0.1) is 0 Å². The number of hydrogen-bond donors (Lipinski definition) is 1. The molecule has 0 spiro atoms. The van der Waals surface area contributed by atoms with Crippen molar-refractivity contribution >= 4 is 15.9 Å². The molecule has 6 nitrogen and oxygen atoms in total. The fourth-order valence-corrected chi connectivity index (χ4v) is 3.70. The van der Waals surface area contributed by atoms with E-state index in [2.05, 4.69) is 5.32 Å². The SMILES string of the molecule is CN(C)S(=O)(=O)C[C@@H]1COC[C@@H]1NC(=O)CCc1ccc(F)cc1. The molecule has 24 heavy (non-hydrogen) atoms. The average molecular weight is 358 g/mol. The first kappa shape index (κ1) is 18.8. The summed E-state index contributed by atoms with van der Waals surface area (Å²) in [5, 5.41) is 2.85. The van der Waals surface area contributed by atoms with Crippen molar-refractivity contribution in [2.75, 3.05) is 33.1 Å². The fraction of sp³-hybridized carbons (Fsp3) is 0.562. The van der Waals surface area contributed by atoms with Gasteiger partial charge in [-0.3, -0.25) is 4.79 Å². The van der Waals surface area contributed by atoms with Gasteiger partial charge in [-0.25, -0.2) is 17.1 Å². The molecule has 1 saturated heterocycles. The number of hydrogen-bond acceptors (Lipinski definition) is 4. The predicted molar refractivity (Wildman–Crippen MR) is 88.4 cm³/mol. The van der Waals surface area contributed by atoms with Crippen molar-refractivity contribution in [1.82, 2.24) is 9.62 Å². The van der Waals surface area contributed by atoms with Gasteiger partial charge >= 0.3 is 0 Å². The molecule has 1 heterocycles. The van der Waals surface area contributed by atoms with E-state index in [0.717, 1.165) is 5.56 Å². The van der Waals surface area contributed by atoms with Crippen LogP contribution in [0.5, 0.6) is 0 Å². The van der Waals surface area contributed by atoms with Crippen LogP contribution in [0.15, 0.2) is 24.3 Å². The number of carbonyl (C=O) groups is 1. The van der Waals surface area contributed by atoms with Crippen LogP contribution >= 0.6 is 0 Å². The third-order valence-electron chi connectivity index (χ3n) is 4.08. The first-order valence-electron chi connectivity index (χ1n) is 7.79. The number of ether oxygens (including phenoxy) is 1. The zero-order valence-electron chi connectivity index (χ0n) is 13.9. The Bertz CT molecular complexity index is 661. The highest BCUT2D eigenvalue weighted by Crippen LogP contribution is 2.17. The van der Waals surface area contributed by atoms with Crippen LogP contribution in [0.2, 0.25) is 0 Å². The summed E-state index contributed by atoms with van der Waals surface area (Å²) >= 11 is 0. The maximum Gasteiger partial charge on any atom is 0.220 e. The van der Waals surface area contributed by atoms with Crippen LogP contribution in [0, 0.1) is 11.7 Å². The van der Waals surface area contributed by atoms with Gasteiger partial charge in [0.15, 0.2) is 0 Å². The van der Waals surface area contributed by atoms with Crippen LogP contribution in [0.4, 0.5) is 4.39 Å². The van der Waals surface area contributed by atoms with Gasteiger partial charge in [-0.05, 0) is 24.1 Å². The Morgan fingerprint density at radius 3 is 2.58 bits per heavy atom. The van der Waals surface area contributed by atoms with Crippen LogP contribution in [0.3, 0.4) is 0 Å². The molecule has 1 N–H and O–H groups in total. The summed E-state index contributed by atoms with van der Waals surface area (Å²) < 4.78 is 43.3.